The molecule has 0 aliphatic carbocycles. The molecule has 264 valence electrons. The van der Waals surface area contributed by atoms with Crippen molar-refractivity contribution in [1.29, 1.82) is 0 Å². The van der Waals surface area contributed by atoms with Crippen molar-refractivity contribution in [3.8, 4) is 0 Å². The normalized spacial score (nSPS) is 23.7. The van der Waals surface area contributed by atoms with E-state index >= 15 is 0 Å². The quantitative estimate of drug-likeness (QED) is 0.0685. The second kappa shape index (κ2) is 24.1. The van der Waals surface area contributed by atoms with Gasteiger partial charge in [-0.05, 0) is 31.6 Å². The molecule has 16 nitrogen and oxygen atoms in total. The van der Waals surface area contributed by atoms with Crippen molar-refractivity contribution < 1.29 is 61.8 Å². The highest BCUT2D eigenvalue weighted by molar-refractivity contribution is 5.81. The molecule has 0 aromatic heterocycles. The van der Waals surface area contributed by atoms with Crippen molar-refractivity contribution in [2.75, 3.05) is 67.6 Å². The number of carbonyl (C=O) groups excluding carboxylic acids is 3. The van der Waals surface area contributed by atoms with Crippen LogP contribution in [0.4, 0.5) is 0 Å². The van der Waals surface area contributed by atoms with Gasteiger partial charge in [0.2, 0.25) is 0 Å². The fourth-order valence-corrected chi connectivity index (χ4v) is 4.14. The molecule has 0 radical (unpaired) electrons. The van der Waals surface area contributed by atoms with E-state index in [-0.39, 0.29) is 57.9 Å². The van der Waals surface area contributed by atoms with Crippen molar-refractivity contribution in [3.63, 3.8) is 0 Å². The van der Waals surface area contributed by atoms with Gasteiger partial charge in [0.05, 0.1) is 77.7 Å². The Bertz CT molecular complexity index is 964. The fourth-order valence-electron chi connectivity index (χ4n) is 4.14. The summed E-state index contributed by atoms with van der Waals surface area (Å²) in [6.45, 7) is 4.06. The number of Topliss-reactive ketones (excluding diaryl/α,β-unsaturated/α-hetero) is 1. The van der Waals surface area contributed by atoms with Crippen molar-refractivity contribution in [1.82, 2.24) is 0 Å². The van der Waals surface area contributed by atoms with Gasteiger partial charge in [0.15, 0.2) is 6.29 Å². The first-order valence-electron chi connectivity index (χ1n) is 14.8. The number of rotatable bonds is 24. The Balaban J connectivity index is 2.85. The van der Waals surface area contributed by atoms with Crippen LogP contribution in [0, 0.1) is 5.92 Å². The number of hydrogen-bond acceptors (Lipinski definition) is 16. The smallest absolute Gasteiger partial charge is 0.326 e. The third-order valence-corrected chi connectivity index (χ3v) is 6.70. The lowest BCUT2D eigenvalue weighted by molar-refractivity contribution is -0.298. The highest BCUT2D eigenvalue weighted by atomic mass is 16.7. The van der Waals surface area contributed by atoms with E-state index in [0.29, 0.717) is 6.42 Å². The van der Waals surface area contributed by atoms with Gasteiger partial charge >= 0.3 is 11.9 Å². The van der Waals surface area contributed by atoms with Crippen LogP contribution in [-0.2, 0) is 61.8 Å². The summed E-state index contributed by atoms with van der Waals surface area (Å²) in [6.07, 6.45) is 7.43. The van der Waals surface area contributed by atoms with Crippen LogP contribution < -0.4 is 17.2 Å². The van der Waals surface area contributed by atoms with E-state index in [1.165, 1.54) is 47.0 Å². The third kappa shape index (κ3) is 15.5. The van der Waals surface area contributed by atoms with E-state index in [9.17, 15) is 14.4 Å². The molecule has 1 heterocycles. The first kappa shape index (κ1) is 40.9. The lowest BCUT2D eigenvalue weighted by Crippen LogP contribution is -2.58. The van der Waals surface area contributed by atoms with Gasteiger partial charge in [0, 0.05) is 13.0 Å². The highest BCUT2D eigenvalue weighted by Crippen LogP contribution is 2.33. The Labute approximate surface area is 270 Å². The molecule has 0 spiro atoms. The molecule has 1 saturated heterocycles. The molecule has 0 amide bonds. The standard InChI is InChI=1S/C30H51N3O13/c1-6-21-25(19-43-11-7-10-40-16-22(31)20(2)34)46-30(39-5)27(45-15-9-13-42-18-24(33)29(36)38-4)26(21)44-14-8-12-41-17-23(32)28(35)37-3/h7-10,12-13,21-27,30H,6,11,14-19,31-33H2,1-5H3/b10-7+,12-8+,13-9+/t21-,22+,23-,24+,25?,26+,27?,30-/m1/s1. The summed E-state index contributed by atoms with van der Waals surface area (Å²) < 4.78 is 55.1. The Morgan fingerprint density at radius 1 is 0.739 bits per heavy atom. The zero-order chi connectivity index (χ0) is 34.3. The number of ketones is 1. The predicted molar refractivity (Wildman–Crippen MR) is 164 cm³/mol. The summed E-state index contributed by atoms with van der Waals surface area (Å²) in [6, 6.07) is -2.51. The second-order valence-electron chi connectivity index (χ2n) is 10.1. The molecule has 0 aromatic rings. The van der Waals surface area contributed by atoms with Gasteiger partial charge < -0.3 is 64.6 Å². The van der Waals surface area contributed by atoms with Crippen molar-refractivity contribution in [2.24, 2.45) is 23.1 Å². The monoisotopic (exact) mass is 661 g/mol. The number of carbonyl (C=O) groups is 3. The molecule has 6 N–H and O–H groups in total. The van der Waals surface area contributed by atoms with Gasteiger partial charge in [-0.15, -0.1) is 0 Å². The van der Waals surface area contributed by atoms with Crippen LogP contribution in [0.3, 0.4) is 0 Å². The first-order chi connectivity index (χ1) is 22.1. The molecule has 2 unspecified atom stereocenters. The molecule has 8 atom stereocenters. The summed E-state index contributed by atoms with van der Waals surface area (Å²) in [5, 5.41) is 0. The van der Waals surface area contributed by atoms with Crippen LogP contribution in [0.1, 0.15) is 20.3 Å². The van der Waals surface area contributed by atoms with Crippen LogP contribution >= 0.6 is 0 Å². The Morgan fingerprint density at radius 3 is 1.67 bits per heavy atom. The van der Waals surface area contributed by atoms with E-state index < -0.39 is 54.7 Å². The number of nitrogens with two attached hydrogens (primary N) is 3. The molecule has 1 rings (SSSR count). The summed E-state index contributed by atoms with van der Waals surface area (Å²) in [7, 11) is 3.99. The molecule has 0 bridgehead atoms. The summed E-state index contributed by atoms with van der Waals surface area (Å²) >= 11 is 0. The average Bonchev–Trinajstić information content (AvgIpc) is 3.05. The minimum atomic E-state index is -0.913. The second-order valence-corrected chi connectivity index (χ2v) is 10.1. The van der Waals surface area contributed by atoms with Gasteiger partial charge in [0.25, 0.3) is 0 Å². The number of hydrogen-bond donors (Lipinski definition) is 3. The molecule has 0 aromatic carbocycles. The van der Waals surface area contributed by atoms with Crippen LogP contribution in [0.15, 0.2) is 37.0 Å². The summed E-state index contributed by atoms with van der Waals surface area (Å²) in [5.74, 6) is -1.49. The fraction of sp³-hybridized carbons (Fsp3) is 0.700. The molecule has 1 fully saturated rings. The van der Waals surface area contributed by atoms with Crippen molar-refractivity contribution in [3.05, 3.63) is 37.0 Å². The van der Waals surface area contributed by atoms with E-state index in [1.807, 2.05) is 6.92 Å². The van der Waals surface area contributed by atoms with Crippen LogP contribution in [0.2, 0.25) is 0 Å². The zero-order valence-corrected chi connectivity index (χ0v) is 27.3. The predicted octanol–water partition coefficient (Wildman–Crippen LogP) is -0.321. The molecule has 46 heavy (non-hydrogen) atoms. The van der Waals surface area contributed by atoms with Gasteiger partial charge in [-0.2, -0.15) is 0 Å². The maximum absolute atomic E-state index is 11.4. The molecular formula is C30H51N3O13. The van der Waals surface area contributed by atoms with Gasteiger partial charge in [-0.25, -0.2) is 0 Å². The zero-order valence-electron chi connectivity index (χ0n) is 27.3. The van der Waals surface area contributed by atoms with Crippen LogP contribution in [0.25, 0.3) is 0 Å². The lowest BCUT2D eigenvalue weighted by Gasteiger charge is -2.45. The van der Waals surface area contributed by atoms with Gasteiger partial charge in [-0.1, -0.05) is 6.92 Å². The molecule has 16 heteroatoms. The van der Waals surface area contributed by atoms with Gasteiger partial charge in [0.1, 0.15) is 43.8 Å². The Morgan fingerprint density at radius 2 is 1.22 bits per heavy atom. The van der Waals surface area contributed by atoms with E-state index in [1.54, 1.807) is 18.2 Å². The van der Waals surface area contributed by atoms with Crippen LogP contribution in [0.5, 0.6) is 0 Å². The summed E-state index contributed by atoms with van der Waals surface area (Å²) in [5.41, 5.74) is 17.0. The van der Waals surface area contributed by atoms with Crippen molar-refractivity contribution in [2.45, 2.75) is 63.0 Å². The van der Waals surface area contributed by atoms with Crippen LogP contribution in [-0.4, -0.2) is 128 Å². The average molecular weight is 662 g/mol. The molecular weight excluding hydrogens is 610 g/mol. The minimum absolute atomic E-state index is 0.0587. The molecule has 1 aliphatic rings. The van der Waals surface area contributed by atoms with E-state index in [0.717, 1.165) is 0 Å². The highest BCUT2D eigenvalue weighted by Gasteiger charge is 2.46. The van der Waals surface area contributed by atoms with E-state index in [4.69, 9.17) is 55.1 Å². The largest absolute Gasteiger partial charge is 0.499 e. The van der Waals surface area contributed by atoms with Crippen molar-refractivity contribution >= 4 is 17.7 Å². The topological polar surface area (TPSA) is 222 Å². The first-order valence-corrected chi connectivity index (χ1v) is 14.8. The lowest BCUT2D eigenvalue weighted by atomic mass is 9.86. The Hall–Kier alpha value is -3.09. The third-order valence-electron chi connectivity index (χ3n) is 6.70. The minimum Gasteiger partial charge on any atom is -0.499 e. The molecule has 0 saturated carbocycles. The van der Waals surface area contributed by atoms with E-state index in [2.05, 4.69) is 9.47 Å². The SMILES string of the molecule is CC[C@@H]1C(COC/C=C/OC[C@H](N)C(C)=O)O[C@@H](OC)C(OC/C=C/OC[C@H](N)C(=O)OC)[C@H]1OC/C=C/OC[C@@H](N)C(=O)OC. The maximum atomic E-state index is 11.4. The Kier molecular flexibility index (Phi) is 21.5. The summed E-state index contributed by atoms with van der Waals surface area (Å²) in [4.78, 5) is 34.1. The number of esters is 2. The molecule has 1 aliphatic heterocycles. The van der Waals surface area contributed by atoms with Gasteiger partial charge in [-0.3, -0.25) is 14.4 Å². The number of ether oxygens (including phenoxy) is 10. The maximum Gasteiger partial charge on any atom is 0.326 e. The number of methoxy groups -OCH3 is 3.